The van der Waals surface area contributed by atoms with E-state index in [9.17, 15) is 9.18 Å². The number of nitrogens with zero attached hydrogens (tertiary/aromatic N) is 3. The van der Waals surface area contributed by atoms with Gasteiger partial charge in [-0.05, 0) is 37.2 Å². The first-order valence-corrected chi connectivity index (χ1v) is 11.8. The molecule has 1 atom stereocenters. The molecule has 1 aromatic heterocycles. The van der Waals surface area contributed by atoms with E-state index in [0.717, 1.165) is 54.6 Å². The van der Waals surface area contributed by atoms with Gasteiger partial charge < -0.3 is 10.2 Å². The van der Waals surface area contributed by atoms with E-state index >= 15 is 0 Å². The van der Waals surface area contributed by atoms with E-state index in [-0.39, 0.29) is 17.8 Å². The Morgan fingerprint density at radius 2 is 1.78 bits per heavy atom. The first-order valence-electron chi connectivity index (χ1n) is 11.0. The van der Waals surface area contributed by atoms with Gasteiger partial charge in [-0.25, -0.2) is 9.37 Å². The Kier molecular flexibility index (Phi) is 7.29. The molecule has 0 saturated carbocycles. The molecule has 1 aliphatic rings. The molecule has 0 spiro atoms. The van der Waals surface area contributed by atoms with E-state index in [4.69, 9.17) is 0 Å². The van der Waals surface area contributed by atoms with Crippen molar-refractivity contribution < 1.29 is 9.18 Å². The van der Waals surface area contributed by atoms with Gasteiger partial charge in [-0.3, -0.25) is 9.69 Å². The summed E-state index contributed by atoms with van der Waals surface area (Å²) in [4.78, 5) is 23.2. The van der Waals surface area contributed by atoms with Crippen molar-refractivity contribution in [1.29, 1.82) is 0 Å². The molecule has 2 aromatic carbocycles. The lowest BCUT2D eigenvalue weighted by atomic mass is 10.1. The number of carbonyl (C=O) groups is 1. The summed E-state index contributed by atoms with van der Waals surface area (Å²) in [5.41, 5.74) is 2.81. The number of benzene rings is 2. The maximum Gasteiger partial charge on any atom is 0.263 e. The Balaban J connectivity index is 1.47. The van der Waals surface area contributed by atoms with Gasteiger partial charge in [0.05, 0.1) is 16.7 Å². The van der Waals surface area contributed by atoms with Crippen LogP contribution >= 0.6 is 11.3 Å². The third-order valence-corrected chi connectivity index (χ3v) is 7.02. The summed E-state index contributed by atoms with van der Waals surface area (Å²) >= 11 is 1.41. The van der Waals surface area contributed by atoms with Gasteiger partial charge in [0.15, 0.2) is 0 Å². The van der Waals surface area contributed by atoms with Crippen molar-refractivity contribution in [2.45, 2.75) is 19.4 Å². The summed E-state index contributed by atoms with van der Waals surface area (Å²) < 4.78 is 13.2. The minimum Gasteiger partial charge on any atom is -0.343 e. The van der Waals surface area contributed by atoms with Crippen molar-refractivity contribution in [2.24, 2.45) is 0 Å². The van der Waals surface area contributed by atoms with Crippen LogP contribution in [-0.4, -0.2) is 60.5 Å². The molecule has 3 aromatic rings. The summed E-state index contributed by atoms with van der Waals surface area (Å²) in [5.74, 6) is -0.343. The monoisotopic (exact) mass is 452 g/mol. The standard InChI is InChI=1S/C25H29FN4OS/c1-18-24(32-23(27-18)16-19-8-10-21(26)11-9-19)25(31)28-22(20-6-4-3-5-7-20)17-30-14-12-29(2)13-15-30/h3-11,22H,12-17H2,1-2H3,(H,28,31). The molecule has 1 unspecified atom stereocenters. The molecule has 0 aliphatic carbocycles. The molecule has 1 saturated heterocycles. The normalized spacial score (nSPS) is 16.1. The van der Waals surface area contributed by atoms with Crippen LogP contribution in [0.3, 0.4) is 0 Å². The number of hydrogen-bond acceptors (Lipinski definition) is 5. The SMILES string of the molecule is Cc1nc(Cc2ccc(F)cc2)sc1C(=O)NC(CN1CCN(C)CC1)c1ccccc1. The highest BCUT2D eigenvalue weighted by atomic mass is 32.1. The van der Waals surface area contributed by atoms with Gasteiger partial charge in [-0.1, -0.05) is 42.5 Å². The van der Waals surface area contributed by atoms with Gasteiger partial charge in [0.1, 0.15) is 10.7 Å². The number of aromatic nitrogens is 1. The van der Waals surface area contributed by atoms with Crippen LogP contribution in [0.15, 0.2) is 54.6 Å². The first-order chi connectivity index (χ1) is 15.5. The van der Waals surface area contributed by atoms with Crippen molar-refractivity contribution in [1.82, 2.24) is 20.1 Å². The number of amides is 1. The minimum absolute atomic E-state index is 0.0887. The average molecular weight is 453 g/mol. The van der Waals surface area contributed by atoms with E-state index in [1.807, 2.05) is 25.1 Å². The van der Waals surface area contributed by atoms with Crippen molar-refractivity contribution >= 4 is 17.2 Å². The number of nitrogens with one attached hydrogen (secondary N) is 1. The highest BCUT2D eigenvalue weighted by Crippen LogP contribution is 2.23. The number of piperazine rings is 1. The maximum atomic E-state index is 13.2. The quantitative estimate of drug-likeness (QED) is 0.591. The smallest absolute Gasteiger partial charge is 0.263 e. The number of halogens is 1. The number of thiazole rings is 1. The third-order valence-electron chi connectivity index (χ3n) is 5.86. The molecular weight excluding hydrogens is 423 g/mol. The van der Waals surface area contributed by atoms with Crippen molar-refractivity contribution in [3.8, 4) is 0 Å². The minimum atomic E-state index is -0.253. The molecule has 1 fully saturated rings. The van der Waals surface area contributed by atoms with Crippen molar-refractivity contribution in [3.05, 3.63) is 87.1 Å². The van der Waals surface area contributed by atoms with Crippen LogP contribution in [-0.2, 0) is 6.42 Å². The van der Waals surface area contributed by atoms with Crippen LogP contribution in [0.25, 0.3) is 0 Å². The molecular formula is C25H29FN4OS. The fraction of sp³-hybridized carbons (Fsp3) is 0.360. The molecule has 4 rings (SSSR count). The second-order valence-corrected chi connectivity index (χ2v) is 9.45. The second kappa shape index (κ2) is 10.3. The zero-order chi connectivity index (χ0) is 22.5. The number of carbonyl (C=O) groups excluding carboxylic acids is 1. The van der Waals surface area contributed by atoms with Crippen LogP contribution in [0, 0.1) is 12.7 Å². The predicted octanol–water partition coefficient (Wildman–Crippen LogP) is 3.90. The Bertz CT molecular complexity index is 1030. The fourth-order valence-electron chi connectivity index (χ4n) is 3.95. The fourth-order valence-corrected chi connectivity index (χ4v) is 4.95. The van der Waals surface area contributed by atoms with Crippen LogP contribution in [0.4, 0.5) is 4.39 Å². The van der Waals surface area contributed by atoms with Crippen LogP contribution in [0.5, 0.6) is 0 Å². The molecule has 168 valence electrons. The third kappa shape index (κ3) is 5.79. The number of hydrogen-bond donors (Lipinski definition) is 1. The molecule has 5 nitrogen and oxygen atoms in total. The van der Waals surface area contributed by atoms with E-state index in [0.29, 0.717) is 11.3 Å². The summed E-state index contributed by atoms with van der Waals surface area (Å²) in [5, 5.41) is 4.12. The molecule has 0 bridgehead atoms. The first kappa shape index (κ1) is 22.6. The summed E-state index contributed by atoms with van der Waals surface area (Å²) in [6.07, 6.45) is 0.586. The second-order valence-electron chi connectivity index (χ2n) is 8.37. The zero-order valence-electron chi connectivity index (χ0n) is 18.6. The Morgan fingerprint density at radius 1 is 1.09 bits per heavy atom. The van der Waals surface area contributed by atoms with Crippen molar-refractivity contribution in [2.75, 3.05) is 39.8 Å². The van der Waals surface area contributed by atoms with E-state index < -0.39 is 0 Å². The summed E-state index contributed by atoms with van der Waals surface area (Å²) in [7, 11) is 2.14. The van der Waals surface area contributed by atoms with Crippen LogP contribution in [0.2, 0.25) is 0 Å². The van der Waals surface area contributed by atoms with E-state index in [1.165, 1.54) is 23.5 Å². The van der Waals surface area contributed by atoms with Gasteiger partial charge in [0.2, 0.25) is 0 Å². The lowest BCUT2D eigenvalue weighted by Gasteiger charge is -2.35. The van der Waals surface area contributed by atoms with Gasteiger partial charge in [-0.15, -0.1) is 11.3 Å². The molecule has 0 radical (unpaired) electrons. The van der Waals surface area contributed by atoms with Crippen molar-refractivity contribution in [3.63, 3.8) is 0 Å². The van der Waals surface area contributed by atoms with Crippen LogP contribution < -0.4 is 5.32 Å². The van der Waals surface area contributed by atoms with Gasteiger partial charge >= 0.3 is 0 Å². The maximum absolute atomic E-state index is 13.2. The van der Waals surface area contributed by atoms with Crippen LogP contribution in [0.1, 0.15) is 37.5 Å². The number of rotatable bonds is 7. The van der Waals surface area contributed by atoms with Gasteiger partial charge in [-0.2, -0.15) is 0 Å². The van der Waals surface area contributed by atoms with E-state index in [2.05, 4.69) is 39.3 Å². The molecule has 7 heteroatoms. The van der Waals surface area contributed by atoms with Gasteiger partial charge in [0, 0.05) is 39.1 Å². The molecule has 2 heterocycles. The largest absolute Gasteiger partial charge is 0.343 e. The molecule has 1 amide bonds. The lowest BCUT2D eigenvalue weighted by molar-refractivity contribution is 0.0910. The lowest BCUT2D eigenvalue weighted by Crippen LogP contribution is -2.47. The summed E-state index contributed by atoms with van der Waals surface area (Å²) in [6.45, 7) is 6.72. The molecule has 32 heavy (non-hydrogen) atoms. The highest BCUT2D eigenvalue weighted by Gasteiger charge is 2.23. The predicted molar refractivity (Wildman–Crippen MR) is 127 cm³/mol. The molecule has 1 N–H and O–H groups in total. The zero-order valence-corrected chi connectivity index (χ0v) is 19.4. The summed E-state index contributed by atoms with van der Waals surface area (Å²) in [6, 6.07) is 16.5. The molecule has 1 aliphatic heterocycles. The van der Waals surface area contributed by atoms with Gasteiger partial charge in [0.25, 0.3) is 5.91 Å². The van der Waals surface area contributed by atoms with E-state index in [1.54, 1.807) is 12.1 Å². The number of likely N-dealkylation sites (N-methyl/N-ethyl adjacent to an activating group) is 1. The Hall–Kier alpha value is -2.61. The average Bonchev–Trinajstić information content (AvgIpc) is 3.17. The Labute approximate surface area is 192 Å². The Morgan fingerprint density at radius 3 is 2.47 bits per heavy atom. The highest BCUT2D eigenvalue weighted by molar-refractivity contribution is 7.13. The number of aryl methyl sites for hydroxylation is 1. The topological polar surface area (TPSA) is 48.5 Å².